The molecule has 22 heavy (non-hydrogen) atoms. The Bertz CT molecular complexity index is 638. The van der Waals surface area contributed by atoms with Crippen molar-refractivity contribution in [2.75, 3.05) is 25.6 Å². The summed E-state index contributed by atoms with van der Waals surface area (Å²) in [7, 11) is -2.31. The lowest BCUT2D eigenvalue weighted by Crippen LogP contribution is -2.40. The van der Waals surface area contributed by atoms with E-state index >= 15 is 0 Å². The van der Waals surface area contributed by atoms with E-state index in [4.69, 9.17) is 4.74 Å². The van der Waals surface area contributed by atoms with E-state index in [1.54, 1.807) is 20.8 Å². The van der Waals surface area contributed by atoms with Crippen molar-refractivity contribution in [3.63, 3.8) is 0 Å². The summed E-state index contributed by atoms with van der Waals surface area (Å²) in [5.74, 6) is 0. The molecule has 0 saturated heterocycles. The molecule has 0 aliphatic carbocycles. The average Bonchev–Trinajstić information content (AvgIpc) is 2.36. The third-order valence-corrected chi connectivity index (χ3v) is 4.29. The van der Waals surface area contributed by atoms with Gasteiger partial charge in [0, 0.05) is 25.3 Å². The number of sulfonamides is 1. The van der Waals surface area contributed by atoms with Crippen molar-refractivity contribution in [2.45, 2.75) is 31.2 Å². The molecular formula is C13H21N3O5S. The fraction of sp³-hybridized carbons (Fsp3) is 0.538. The van der Waals surface area contributed by atoms with E-state index in [1.807, 2.05) is 0 Å². The number of rotatable bonds is 7. The molecule has 2 N–H and O–H groups in total. The zero-order valence-electron chi connectivity index (χ0n) is 13.0. The molecular weight excluding hydrogens is 310 g/mol. The Morgan fingerprint density at radius 1 is 1.32 bits per heavy atom. The third-order valence-electron chi connectivity index (χ3n) is 2.54. The third kappa shape index (κ3) is 5.24. The van der Waals surface area contributed by atoms with Crippen molar-refractivity contribution in [1.82, 2.24) is 4.72 Å². The van der Waals surface area contributed by atoms with Crippen LogP contribution in [0.5, 0.6) is 0 Å². The average molecular weight is 331 g/mol. The minimum Gasteiger partial charge on any atom is -0.383 e. The molecule has 0 saturated carbocycles. The van der Waals surface area contributed by atoms with Crippen molar-refractivity contribution >= 4 is 21.4 Å². The van der Waals surface area contributed by atoms with Crippen LogP contribution in [0.2, 0.25) is 0 Å². The summed E-state index contributed by atoms with van der Waals surface area (Å²) in [5, 5.41) is 14.0. The second-order valence-corrected chi connectivity index (χ2v) is 7.39. The van der Waals surface area contributed by atoms with Crippen LogP contribution in [0.1, 0.15) is 20.8 Å². The lowest BCUT2D eigenvalue weighted by atomic mass is 10.1. The van der Waals surface area contributed by atoms with Crippen LogP contribution in [0.25, 0.3) is 0 Å². The standard InChI is InChI=1S/C13H21N3O5S/c1-13(2,3)15-22(19,20)10-5-6-11(14-7-8-21-4)12(9-10)16(17)18/h5-6,9,14-15H,7-8H2,1-4H3. The summed E-state index contributed by atoms with van der Waals surface area (Å²) in [6, 6.07) is 3.75. The van der Waals surface area contributed by atoms with Crippen LogP contribution in [0, 0.1) is 10.1 Å². The molecule has 1 aromatic carbocycles. The molecule has 1 aromatic rings. The minimum atomic E-state index is -3.82. The molecule has 0 atom stereocenters. The first-order valence-corrected chi connectivity index (χ1v) is 8.10. The summed E-state index contributed by atoms with van der Waals surface area (Å²) < 4.78 is 31.8. The molecule has 1 rings (SSSR count). The van der Waals surface area contributed by atoms with Gasteiger partial charge in [0.05, 0.1) is 16.4 Å². The van der Waals surface area contributed by atoms with Gasteiger partial charge in [-0.15, -0.1) is 0 Å². The van der Waals surface area contributed by atoms with Gasteiger partial charge in [-0.25, -0.2) is 13.1 Å². The Kier molecular flexibility index (Phi) is 5.86. The number of hydrogen-bond acceptors (Lipinski definition) is 6. The predicted molar refractivity (Wildman–Crippen MR) is 83.5 cm³/mol. The number of nitro groups is 1. The van der Waals surface area contributed by atoms with Crippen LogP contribution in [-0.2, 0) is 14.8 Å². The number of anilines is 1. The molecule has 0 radical (unpaired) electrons. The fourth-order valence-corrected chi connectivity index (χ4v) is 3.17. The predicted octanol–water partition coefficient (Wildman–Crippen LogP) is 1.73. The summed E-state index contributed by atoms with van der Waals surface area (Å²) in [6.07, 6.45) is 0. The number of hydrogen-bond donors (Lipinski definition) is 2. The van der Waals surface area contributed by atoms with E-state index in [9.17, 15) is 18.5 Å². The summed E-state index contributed by atoms with van der Waals surface area (Å²) >= 11 is 0. The maximum Gasteiger partial charge on any atom is 0.293 e. The molecule has 0 spiro atoms. The summed E-state index contributed by atoms with van der Waals surface area (Å²) in [6.45, 7) is 5.84. The summed E-state index contributed by atoms with van der Waals surface area (Å²) in [4.78, 5) is 10.4. The number of nitrogens with zero attached hydrogens (tertiary/aromatic N) is 1. The zero-order valence-corrected chi connectivity index (χ0v) is 13.9. The molecule has 0 bridgehead atoms. The van der Waals surface area contributed by atoms with Gasteiger partial charge in [-0.3, -0.25) is 10.1 Å². The molecule has 0 aromatic heterocycles. The quantitative estimate of drug-likeness (QED) is 0.447. The largest absolute Gasteiger partial charge is 0.383 e. The van der Waals surface area contributed by atoms with Gasteiger partial charge >= 0.3 is 0 Å². The molecule has 0 unspecified atom stereocenters. The first-order chi connectivity index (χ1) is 10.1. The Hall–Kier alpha value is -1.71. The first-order valence-electron chi connectivity index (χ1n) is 6.62. The SMILES string of the molecule is COCCNc1ccc(S(=O)(=O)NC(C)(C)C)cc1[N+](=O)[O-]. The van der Waals surface area contributed by atoms with E-state index in [-0.39, 0.29) is 16.3 Å². The lowest BCUT2D eigenvalue weighted by molar-refractivity contribution is -0.384. The van der Waals surface area contributed by atoms with E-state index in [2.05, 4.69) is 10.0 Å². The van der Waals surface area contributed by atoms with E-state index < -0.39 is 20.5 Å². The van der Waals surface area contributed by atoms with Crippen molar-refractivity contribution in [2.24, 2.45) is 0 Å². The van der Waals surface area contributed by atoms with Gasteiger partial charge in [-0.2, -0.15) is 0 Å². The van der Waals surface area contributed by atoms with Crippen LogP contribution in [0.4, 0.5) is 11.4 Å². The number of methoxy groups -OCH3 is 1. The van der Waals surface area contributed by atoms with Crippen LogP contribution in [0.3, 0.4) is 0 Å². The molecule has 0 fully saturated rings. The monoisotopic (exact) mass is 331 g/mol. The van der Waals surface area contributed by atoms with E-state index in [1.165, 1.54) is 19.2 Å². The first kappa shape index (κ1) is 18.3. The second kappa shape index (κ2) is 7.03. The van der Waals surface area contributed by atoms with Crippen LogP contribution in [-0.4, -0.2) is 39.1 Å². The summed E-state index contributed by atoms with van der Waals surface area (Å²) in [5.41, 5.74) is -0.729. The smallest absolute Gasteiger partial charge is 0.293 e. The number of benzene rings is 1. The molecule has 0 aliphatic heterocycles. The van der Waals surface area contributed by atoms with Crippen LogP contribution in [0.15, 0.2) is 23.1 Å². The minimum absolute atomic E-state index is 0.147. The molecule has 8 nitrogen and oxygen atoms in total. The fourth-order valence-electron chi connectivity index (χ4n) is 1.73. The van der Waals surface area contributed by atoms with Crippen molar-refractivity contribution < 1.29 is 18.1 Å². The normalized spacial score (nSPS) is 12.2. The lowest BCUT2D eigenvalue weighted by Gasteiger charge is -2.20. The molecule has 0 heterocycles. The highest BCUT2D eigenvalue weighted by molar-refractivity contribution is 7.89. The Labute approximate surface area is 130 Å². The Balaban J connectivity index is 3.15. The Morgan fingerprint density at radius 2 is 1.95 bits per heavy atom. The number of nitrogens with one attached hydrogen (secondary N) is 2. The van der Waals surface area contributed by atoms with Crippen molar-refractivity contribution in [1.29, 1.82) is 0 Å². The van der Waals surface area contributed by atoms with Gasteiger partial charge in [0.1, 0.15) is 5.69 Å². The maximum absolute atomic E-state index is 12.2. The highest BCUT2D eigenvalue weighted by atomic mass is 32.2. The van der Waals surface area contributed by atoms with Gasteiger partial charge in [0.2, 0.25) is 10.0 Å². The number of nitro benzene ring substituents is 1. The van der Waals surface area contributed by atoms with Gasteiger partial charge in [-0.05, 0) is 32.9 Å². The maximum atomic E-state index is 12.2. The van der Waals surface area contributed by atoms with E-state index in [0.717, 1.165) is 6.07 Å². The van der Waals surface area contributed by atoms with Gasteiger partial charge < -0.3 is 10.1 Å². The second-order valence-electron chi connectivity index (χ2n) is 5.71. The number of ether oxygens (including phenoxy) is 1. The highest BCUT2D eigenvalue weighted by Gasteiger charge is 2.25. The molecule has 0 aliphatic rings. The molecule has 0 amide bonds. The Morgan fingerprint density at radius 3 is 2.45 bits per heavy atom. The topological polar surface area (TPSA) is 111 Å². The van der Waals surface area contributed by atoms with E-state index in [0.29, 0.717) is 13.2 Å². The van der Waals surface area contributed by atoms with Crippen LogP contribution >= 0.6 is 0 Å². The van der Waals surface area contributed by atoms with Gasteiger partial charge in [0.25, 0.3) is 5.69 Å². The van der Waals surface area contributed by atoms with Crippen molar-refractivity contribution in [3.05, 3.63) is 28.3 Å². The zero-order chi connectivity index (χ0) is 17.0. The van der Waals surface area contributed by atoms with Gasteiger partial charge in [0.15, 0.2) is 0 Å². The molecule has 124 valence electrons. The van der Waals surface area contributed by atoms with Crippen molar-refractivity contribution in [3.8, 4) is 0 Å². The van der Waals surface area contributed by atoms with Gasteiger partial charge in [-0.1, -0.05) is 0 Å². The van der Waals surface area contributed by atoms with Crippen LogP contribution < -0.4 is 10.0 Å². The highest BCUT2D eigenvalue weighted by Crippen LogP contribution is 2.27. The molecule has 9 heteroatoms.